The molecule has 4 rings (SSSR count). The van der Waals surface area contributed by atoms with Crippen LogP contribution in [0.4, 0.5) is 0 Å². The van der Waals surface area contributed by atoms with Crippen molar-refractivity contribution in [3.05, 3.63) is 60.2 Å². The van der Waals surface area contributed by atoms with Crippen LogP contribution in [0.15, 0.2) is 48.9 Å². The summed E-state index contributed by atoms with van der Waals surface area (Å²) in [6, 6.07) is 11.1. The molecule has 1 unspecified atom stereocenters. The van der Waals surface area contributed by atoms with E-state index < -0.39 is 0 Å². The van der Waals surface area contributed by atoms with Gasteiger partial charge < -0.3 is 14.8 Å². The van der Waals surface area contributed by atoms with Gasteiger partial charge in [-0.15, -0.1) is 0 Å². The van der Waals surface area contributed by atoms with Crippen molar-refractivity contribution in [2.75, 3.05) is 26.2 Å². The molecule has 27 heavy (non-hydrogen) atoms. The van der Waals surface area contributed by atoms with E-state index in [4.69, 9.17) is 0 Å². The van der Waals surface area contributed by atoms with E-state index in [1.807, 2.05) is 42.2 Å². The van der Waals surface area contributed by atoms with Crippen molar-refractivity contribution in [1.29, 1.82) is 0 Å². The fraction of sp³-hybridized carbons (Fsp3) is 0.300. The number of aromatic nitrogens is 3. The molecule has 2 aromatic heterocycles. The van der Waals surface area contributed by atoms with Crippen LogP contribution in [-0.4, -0.2) is 62.7 Å². The third kappa shape index (κ3) is 3.40. The smallest absolute Gasteiger partial charge is 0.254 e. The van der Waals surface area contributed by atoms with Gasteiger partial charge >= 0.3 is 0 Å². The van der Waals surface area contributed by atoms with E-state index >= 15 is 0 Å². The van der Waals surface area contributed by atoms with E-state index in [-0.39, 0.29) is 17.7 Å². The van der Waals surface area contributed by atoms with E-state index in [9.17, 15) is 9.59 Å². The van der Waals surface area contributed by atoms with Gasteiger partial charge in [0.15, 0.2) is 0 Å². The van der Waals surface area contributed by atoms with Crippen LogP contribution in [0, 0.1) is 0 Å². The number of imidazole rings is 1. The molecule has 1 aromatic carbocycles. The summed E-state index contributed by atoms with van der Waals surface area (Å²) in [6.45, 7) is 4.00. The van der Waals surface area contributed by atoms with Crippen LogP contribution < -0.4 is 0 Å². The third-order valence-electron chi connectivity index (χ3n) is 5.05. The second kappa shape index (κ2) is 7.19. The van der Waals surface area contributed by atoms with Crippen molar-refractivity contribution in [3.63, 3.8) is 0 Å². The number of amides is 2. The van der Waals surface area contributed by atoms with Crippen LogP contribution in [0.5, 0.6) is 0 Å². The molecule has 138 valence electrons. The molecule has 1 aliphatic rings. The van der Waals surface area contributed by atoms with Gasteiger partial charge in [-0.05, 0) is 37.3 Å². The van der Waals surface area contributed by atoms with Crippen LogP contribution in [0.2, 0.25) is 0 Å². The van der Waals surface area contributed by atoms with Crippen LogP contribution in [-0.2, 0) is 4.79 Å². The van der Waals surface area contributed by atoms with Crippen LogP contribution in [0.1, 0.15) is 28.9 Å². The molecule has 0 spiro atoms. The maximum Gasteiger partial charge on any atom is 0.254 e. The lowest BCUT2D eigenvalue weighted by atomic mass is 10.0. The Morgan fingerprint density at radius 3 is 2.56 bits per heavy atom. The number of carbonyl (C=O) groups is 2. The Morgan fingerprint density at radius 2 is 1.81 bits per heavy atom. The third-order valence-corrected chi connectivity index (χ3v) is 5.05. The summed E-state index contributed by atoms with van der Waals surface area (Å²) >= 11 is 0. The summed E-state index contributed by atoms with van der Waals surface area (Å²) in [6.07, 6.45) is 3.32. The number of hydrogen-bond donors (Lipinski definition) is 1. The molecule has 7 heteroatoms. The highest BCUT2D eigenvalue weighted by Crippen LogP contribution is 2.18. The first-order chi connectivity index (χ1) is 13.1. The molecule has 1 aliphatic heterocycles. The molecular weight excluding hydrogens is 342 g/mol. The zero-order valence-corrected chi connectivity index (χ0v) is 15.1. The van der Waals surface area contributed by atoms with E-state index in [1.165, 1.54) is 0 Å². The molecule has 0 radical (unpaired) electrons. The lowest BCUT2D eigenvalue weighted by Gasteiger charge is -2.36. The molecule has 1 saturated heterocycles. The Balaban J connectivity index is 1.39. The summed E-state index contributed by atoms with van der Waals surface area (Å²) in [5.41, 5.74) is 3.09. The van der Waals surface area contributed by atoms with Gasteiger partial charge in [0.2, 0.25) is 5.91 Å². The zero-order valence-electron chi connectivity index (χ0n) is 15.1. The van der Waals surface area contributed by atoms with E-state index in [2.05, 4.69) is 15.0 Å². The Bertz CT molecular complexity index is 961. The van der Waals surface area contributed by atoms with Gasteiger partial charge in [-0.2, -0.15) is 0 Å². The number of pyridine rings is 1. The highest BCUT2D eigenvalue weighted by molar-refractivity contribution is 5.97. The molecule has 2 amide bonds. The highest BCUT2D eigenvalue weighted by atomic mass is 16.2. The van der Waals surface area contributed by atoms with Gasteiger partial charge in [-0.3, -0.25) is 14.6 Å². The molecule has 3 aromatic rings. The number of carbonyl (C=O) groups excluding carboxylic acids is 2. The monoisotopic (exact) mass is 363 g/mol. The van der Waals surface area contributed by atoms with Gasteiger partial charge in [0.05, 0.1) is 29.0 Å². The SMILES string of the molecule is CC(C(=O)N1CCN(C(=O)c2ccc3nc[nH]c3c2)CC1)c1ccccn1. The largest absolute Gasteiger partial charge is 0.345 e. The number of nitrogens with zero attached hydrogens (tertiary/aromatic N) is 4. The summed E-state index contributed by atoms with van der Waals surface area (Å²) < 4.78 is 0. The second-order valence-corrected chi connectivity index (χ2v) is 6.73. The predicted molar refractivity (Wildman–Crippen MR) is 101 cm³/mol. The van der Waals surface area contributed by atoms with Crippen molar-refractivity contribution in [2.45, 2.75) is 12.8 Å². The van der Waals surface area contributed by atoms with Gasteiger partial charge in [0, 0.05) is 37.9 Å². The lowest BCUT2D eigenvalue weighted by molar-refractivity contribution is -0.134. The number of piperazine rings is 1. The van der Waals surface area contributed by atoms with Gasteiger partial charge in [0.25, 0.3) is 5.91 Å². The molecule has 1 fully saturated rings. The number of benzene rings is 1. The maximum atomic E-state index is 12.8. The Labute approximate surface area is 157 Å². The van der Waals surface area contributed by atoms with Crippen LogP contribution >= 0.6 is 0 Å². The van der Waals surface area contributed by atoms with Crippen LogP contribution in [0.25, 0.3) is 11.0 Å². The number of fused-ring (bicyclic) bond motifs is 1. The van der Waals surface area contributed by atoms with Gasteiger partial charge in [-0.1, -0.05) is 6.07 Å². The first kappa shape index (κ1) is 17.2. The topological polar surface area (TPSA) is 82.2 Å². The minimum Gasteiger partial charge on any atom is -0.345 e. The molecular formula is C20H21N5O2. The van der Waals surface area contributed by atoms with Crippen LogP contribution in [0.3, 0.4) is 0 Å². The van der Waals surface area contributed by atoms with Crippen molar-refractivity contribution in [3.8, 4) is 0 Å². The van der Waals surface area contributed by atoms with E-state index in [0.29, 0.717) is 31.7 Å². The van der Waals surface area contributed by atoms with E-state index in [1.54, 1.807) is 23.5 Å². The molecule has 0 saturated carbocycles. The Hall–Kier alpha value is -3.22. The number of hydrogen-bond acceptors (Lipinski definition) is 4. The maximum absolute atomic E-state index is 12.8. The normalized spacial score (nSPS) is 15.7. The predicted octanol–water partition coefficient (Wildman–Crippen LogP) is 2.05. The summed E-state index contributed by atoms with van der Waals surface area (Å²) in [5.74, 6) is -0.243. The van der Waals surface area contributed by atoms with Gasteiger partial charge in [0.1, 0.15) is 0 Å². The highest BCUT2D eigenvalue weighted by Gasteiger charge is 2.28. The molecule has 7 nitrogen and oxygen atoms in total. The number of nitrogens with one attached hydrogen (secondary N) is 1. The van der Waals surface area contributed by atoms with Crippen molar-refractivity contribution < 1.29 is 9.59 Å². The molecule has 3 heterocycles. The minimum atomic E-state index is -0.281. The Kier molecular flexibility index (Phi) is 4.58. The van der Waals surface area contributed by atoms with Crippen molar-refractivity contribution in [2.24, 2.45) is 0 Å². The number of aromatic amines is 1. The fourth-order valence-corrected chi connectivity index (χ4v) is 3.41. The zero-order chi connectivity index (χ0) is 18.8. The first-order valence-electron chi connectivity index (χ1n) is 9.05. The standard InChI is InChI=1S/C20H21N5O2/c1-14(16-4-2-3-7-21-16)19(26)24-8-10-25(11-9-24)20(27)15-5-6-17-18(12-15)23-13-22-17/h2-7,12-14H,8-11H2,1H3,(H,22,23). The number of H-pyrrole nitrogens is 1. The summed E-state index contributed by atoms with van der Waals surface area (Å²) in [4.78, 5) is 40.6. The summed E-state index contributed by atoms with van der Waals surface area (Å²) in [5, 5.41) is 0. The number of rotatable bonds is 3. The fourth-order valence-electron chi connectivity index (χ4n) is 3.41. The minimum absolute atomic E-state index is 0.0172. The van der Waals surface area contributed by atoms with Gasteiger partial charge in [-0.25, -0.2) is 4.98 Å². The Morgan fingerprint density at radius 1 is 1.04 bits per heavy atom. The van der Waals surface area contributed by atoms with Crippen molar-refractivity contribution in [1.82, 2.24) is 24.8 Å². The molecule has 1 atom stereocenters. The van der Waals surface area contributed by atoms with Crippen molar-refractivity contribution >= 4 is 22.8 Å². The second-order valence-electron chi connectivity index (χ2n) is 6.73. The molecule has 1 N–H and O–H groups in total. The first-order valence-corrected chi connectivity index (χ1v) is 9.05. The molecule has 0 bridgehead atoms. The quantitative estimate of drug-likeness (QED) is 0.772. The summed E-state index contributed by atoms with van der Waals surface area (Å²) in [7, 11) is 0. The average Bonchev–Trinajstić information content (AvgIpc) is 3.21. The average molecular weight is 363 g/mol. The lowest BCUT2D eigenvalue weighted by Crippen LogP contribution is -2.51. The molecule has 0 aliphatic carbocycles. The van der Waals surface area contributed by atoms with E-state index in [0.717, 1.165) is 16.7 Å².